The van der Waals surface area contributed by atoms with Crippen LogP contribution in [0.1, 0.15) is 22.0 Å². The zero-order valence-electron chi connectivity index (χ0n) is 17.5. The van der Waals surface area contributed by atoms with Crippen LogP contribution in [-0.4, -0.2) is 47.0 Å². The Morgan fingerprint density at radius 3 is 2.55 bits per heavy atom. The van der Waals surface area contributed by atoms with Gasteiger partial charge in [0.1, 0.15) is 11.4 Å². The largest absolute Gasteiger partial charge is 0.338 e. The van der Waals surface area contributed by atoms with Crippen molar-refractivity contribution in [1.82, 2.24) is 14.4 Å². The van der Waals surface area contributed by atoms with E-state index in [1.54, 1.807) is 34.7 Å². The molecule has 3 heterocycles. The quantitative estimate of drug-likeness (QED) is 0.611. The highest BCUT2D eigenvalue weighted by molar-refractivity contribution is 5.97. The van der Waals surface area contributed by atoms with E-state index < -0.39 is 0 Å². The summed E-state index contributed by atoms with van der Waals surface area (Å²) in [4.78, 5) is 30.2. The van der Waals surface area contributed by atoms with E-state index in [0.29, 0.717) is 19.0 Å². The smallest absolute Gasteiger partial charge is 0.263 e. The van der Waals surface area contributed by atoms with Gasteiger partial charge in [0.2, 0.25) is 0 Å². The third kappa shape index (κ3) is 3.54. The lowest BCUT2D eigenvalue weighted by molar-refractivity contribution is 0.0765. The number of carbonyl (C=O) groups excluding carboxylic acids is 1. The van der Waals surface area contributed by atoms with Crippen LogP contribution in [0.25, 0.3) is 10.9 Å². The number of rotatable bonds is 2. The van der Waals surface area contributed by atoms with E-state index in [1.165, 1.54) is 6.07 Å². The fraction of sp³-hybridized carbons (Fsp3) is 0.333. The second kappa shape index (κ2) is 8.09. The second-order valence-electron chi connectivity index (χ2n) is 8.55. The van der Waals surface area contributed by atoms with Crippen LogP contribution >= 0.6 is 12.4 Å². The average Bonchev–Trinajstić information content (AvgIpc) is 3.26. The van der Waals surface area contributed by atoms with Crippen molar-refractivity contribution in [3.05, 3.63) is 81.9 Å². The summed E-state index contributed by atoms with van der Waals surface area (Å²) in [7, 11) is 3.76. The highest BCUT2D eigenvalue weighted by Gasteiger charge is 2.47. The van der Waals surface area contributed by atoms with Crippen LogP contribution in [0, 0.1) is 17.7 Å². The number of halogens is 2. The van der Waals surface area contributed by atoms with E-state index in [1.807, 2.05) is 30.3 Å². The van der Waals surface area contributed by atoms with Crippen molar-refractivity contribution in [2.75, 3.05) is 26.7 Å². The summed E-state index contributed by atoms with van der Waals surface area (Å²) in [6.07, 6.45) is 0. The average molecular weight is 442 g/mol. The monoisotopic (exact) mass is 441 g/mol. The topological polar surface area (TPSA) is 45.5 Å². The van der Waals surface area contributed by atoms with Crippen molar-refractivity contribution < 1.29 is 9.18 Å². The highest BCUT2D eigenvalue weighted by atomic mass is 35.5. The van der Waals surface area contributed by atoms with Gasteiger partial charge in [0.15, 0.2) is 0 Å². The minimum atomic E-state index is -0.269. The summed E-state index contributed by atoms with van der Waals surface area (Å²) in [6, 6.07) is 16.1. The lowest BCUT2D eigenvalue weighted by atomic mass is 9.89. The molecule has 31 heavy (non-hydrogen) atoms. The fourth-order valence-electron chi connectivity index (χ4n) is 5.36. The molecule has 0 bridgehead atoms. The van der Waals surface area contributed by atoms with E-state index in [9.17, 15) is 14.0 Å². The Morgan fingerprint density at radius 2 is 1.77 bits per heavy atom. The molecular weight excluding hydrogens is 417 g/mol. The van der Waals surface area contributed by atoms with Gasteiger partial charge in [-0.1, -0.05) is 30.3 Å². The molecule has 0 spiro atoms. The van der Waals surface area contributed by atoms with Gasteiger partial charge >= 0.3 is 0 Å². The maximum absolute atomic E-state index is 13.8. The number of amides is 1. The molecule has 0 aliphatic carbocycles. The summed E-state index contributed by atoms with van der Waals surface area (Å²) in [5, 5.41) is 0.875. The normalized spacial score (nSPS) is 23.1. The van der Waals surface area contributed by atoms with E-state index in [4.69, 9.17) is 0 Å². The van der Waals surface area contributed by atoms with Crippen LogP contribution in [0.5, 0.6) is 0 Å². The van der Waals surface area contributed by atoms with Crippen molar-refractivity contribution in [2.24, 2.45) is 18.9 Å². The first-order valence-corrected chi connectivity index (χ1v) is 10.3. The van der Waals surface area contributed by atoms with Gasteiger partial charge in [0.25, 0.3) is 11.5 Å². The maximum Gasteiger partial charge on any atom is 0.263 e. The molecule has 0 N–H and O–H groups in total. The Morgan fingerprint density at radius 1 is 1.00 bits per heavy atom. The number of nitrogens with zero attached hydrogens (tertiary/aromatic N) is 3. The van der Waals surface area contributed by atoms with Crippen molar-refractivity contribution in [3.8, 4) is 0 Å². The lowest BCUT2D eigenvalue weighted by Gasteiger charge is -2.27. The molecule has 162 valence electrons. The molecule has 0 radical (unpaired) electrons. The van der Waals surface area contributed by atoms with Gasteiger partial charge < -0.3 is 9.47 Å². The lowest BCUT2D eigenvalue weighted by Crippen LogP contribution is -2.37. The first-order valence-electron chi connectivity index (χ1n) is 10.3. The number of carbonyl (C=O) groups is 1. The van der Waals surface area contributed by atoms with Crippen LogP contribution in [-0.2, 0) is 7.05 Å². The molecule has 0 saturated carbocycles. The molecule has 5 rings (SSSR count). The van der Waals surface area contributed by atoms with Crippen molar-refractivity contribution in [3.63, 3.8) is 0 Å². The molecule has 1 amide bonds. The second-order valence-corrected chi connectivity index (χ2v) is 8.55. The predicted molar refractivity (Wildman–Crippen MR) is 121 cm³/mol. The Kier molecular flexibility index (Phi) is 5.62. The Bertz CT molecular complexity index is 1210. The van der Waals surface area contributed by atoms with Crippen molar-refractivity contribution >= 4 is 29.2 Å². The van der Waals surface area contributed by atoms with Crippen LogP contribution in [0.2, 0.25) is 0 Å². The number of likely N-dealkylation sites (tertiary alicyclic amines) is 2. The summed E-state index contributed by atoms with van der Waals surface area (Å²) >= 11 is 0. The fourth-order valence-corrected chi connectivity index (χ4v) is 5.36. The Hall–Kier alpha value is -2.70. The standard InChI is InChI=1S/C24H24FN3O2.ClH/c1-26-12-17-13-28(14-20(17)22(26)16-7-5-8-18(25)10-16)24(30)19-11-15-6-3-4-9-21(15)27(2)23(19)29;/h3-11,17,20,22H,12-14H2,1-2H3;1H/t17-,20+,22-;/m0./s1. The molecule has 3 aromatic rings. The Labute approximate surface area is 186 Å². The summed E-state index contributed by atoms with van der Waals surface area (Å²) in [6.45, 7) is 2.05. The van der Waals surface area contributed by atoms with E-state index in [2.05, 4.69) is 11.9 Å². The minimum Gasteiger partial charge on any atom is -0.338 e. The number of aryl methyl sites for hydroxylation is 1. The van der Waals surface area contributed by atoms with Crippen molar-refractivity contribution in [2.45, 2.75) is 6.04 Å². The number of hydrogen-bond acceptors (Lipinski definition) is 3. The molecule has 2 aliphatic heterocycles. The number of aromatic nitrogens is 1. The zero-order chi connectivity index (χ0) is 21.0. The van der Waals surface area contributed by atoms with Crippen LogP contribution < -0.4 is 5.56 Å². The molecular formula is C24H25ClFN3O2. The SMILES string of the molecule is CN1C[C@H]2CN(C(=O)c3cc4ccccc4n(C)c3=O)C[C@H]2[C@@H]1c1cccc(F)c1.Cl. The van der Waals surface area contributed by atoms with Crippen molar-refractivity contribution in [1.29, 1.82) is 0 Å². The van der Waals surface area contributed by atoms with Crippen LogP contribution in [0.4, 0.5) is 4.39 Å². The number of fused-ring (bicyclic) bond motifs is 2. The summed E-state index contributed by atoms with van der Waals surface area (Å²) < 4.78 is 15.4. The van der Waals surface area contributed by atoms with Gasteiger partial charge in [-0.15, -0.1) is 12.4 Å². The van der Waals surface area contributed by atoms with E-state index >= 15 is 0 Å². The molecule has 7 heteroatoms. The number of benzene rings is 2. The van der Waals surface area contributed by atoms with E-state index in [-0.39, 0.29) is 47.2 Å². The molecule has 5 nitrogen and oxygen atoms in total. The zero-order valence-corrected chi connectivity index (χ0v) is 18.3. The van der Waals surface area contributed by atoms with Gasteiger partial charge in [0.05, 0.1) is 5.52 Å². The first kappa shape index (κ1) is 21.5. The van der Waals surface area contributed by atoms with E-state index in [0.717, 1.165) is 23.0 Å². The van der Waals surface area contributed by atoms with Gasteiger partial charge in [-0.25, -0.2) is 4.39 Å². The van der Waals surface area contributed by atoms with Crippen LogP contribution in [0.15, 0.2) is 59.4 Å². The molecule has 2 aromatic carbocycles. The highest BCUT2D eigenvalue weighted by Crippen LogP contribution is 2.44. The number of para-hydroxylation sites is 1. The molecule has 0 unspecified atom stereocenters. The third-order valence-corrected chi connectivity index (χ3v) is 6.74. The summed E-state index contributed by atoms with van der Waals surface area (Å²) in [5.74, 6) is 0.0907. The molecule has 3 atom stereocenters. The third-order valence-electron chi connectivity index (χ3n) is 6.74. The van der Waals surface area contributed by atoms with Gasteiger partial charge in [0, 0.05) is 38.6 Å². The number of hydrogen-bond donors (Lipinski definition) is 0. The maximum atomic E-state index is 13.8. The predicted octanol–water partition coefficient (Wildman–Crippen LogP) is 3.47. The molecule has 2 saturated heterocycles. The van der Waals surface area contributed by atoms with Crippen LogP contribution in [0.3, 0.4) is 0 Å². The minimum absolute atomic E-state index is 0. The van der Waals surface area contributed by atoms with Gasteiger partial charge in [-0.05, 0) is 48.2 Å². The molecule has 2 aliphatic rings. The van der Waals surface area contributed by atoms with Gasteiger partial charge in [-0.3, -0.25) is 14.5 Å². The summed E-state index contributed by atoms with van der Waals surface area (Å²) in [5.41, 5.74) is 1.70. The Balaban J connectivity index is 0.00000231. The first-order chi connectivity index (χ1) is 14.4. The molecule has 2 fully saturated rings. The number of pyridine rings is 1. The molecule has 1 aromatic heterocycles. The van der Waals surface area contributed by atoms with Gasteiger partial charge in [-0.2, -0.15) is 0 Å².